The van der Waals surface area contributed by atoms with Crippen molar-refractivity contribution in [2.45, 2.75) is 6.61 Å². The Morgan fingerprint density at radius 1 is 0.914 bits per heavy atom. The number of rotatable bonds is 7. The lowest BCUT2D eigenvalue weighted by atomic mass is 10.1. The van der Waals surface area contributed by atoms with E-state index in [1.807, 2.05) is 36.4 Å². The Bertz CT molecular complexity index is 1480. The molecule has 35 heavy (non-hydrogen) atoms. The van der Waals surface area contributed by atoms with E-state index < -0.39 is 5.91 Å². The van der Waals surface area contributed by atoms with Gasteiger partial charge in [0.2, 0.25) is 5.82 Å². The minimum atomic E-state index is -0.434. The predicted molar refractivity (Wildman–Crippen MR) is 133 cm³/mol. The molecule has 1 amide bonds. The molecule has 0 aliphatic rings. The highest BCUT2D eigenvalue weighted by molar-refractivity contribution is 6.42. The smallest absolute Gasteiger partial charge is 0.291 e. The first-order valence-electron chi connectivity index (χ1n) is 10.5. The molecule has 5 aromatic rings. The fraction of sp³-hybridized carbons (Fsp3) is 0.0385. The summed E-state index contributed by atoms with van der Waals surface area (Å²) in [6, 6.07) is 24.8. The lowest BCUT2D eigenvalue weighted by Crippen LogP contribution is -2.11. The number of aromatic nitrogens is 2. The number of furan rings is 1. The Kier molecular flexibility index (Phi) is 6.52. The first kappa shape index (κ1) is 22.7. The molecule has 0 atom stereocenters. The van der Waals surface area contributed by atoms with E-state index in [0.717, 1.165) is 0 Å². The van der Waals surface area contributed by atoms with Crippen molar-refractivity contribution in [3.8, 4) is 28.5 Å². The lowest BCUT2D eigenvalue weighted by Gasteiger charge is -2.07. The lowest BCUT2D eigenvalue weighted by molar-refractivity contribution is 0.0997. The highest BCUT2D eigenvalue weighted by atomic mass is 35.5. The van der Waals surface area contributed by atoms with E-state index in [-0.39, 0.29) is 18.3 Å². The van der Waals surface area contributed by atoms with E-state index >= 15 is 0 Å². The van der Waals surface area contributed by atoms with E-state index in [4.69, 9.17) is 36.9 Å². The van der Waals surface area contributed by atoms with Crippen LogP contribution in [0.4, 0.5) is 5.69 Å². The maximum atomic E-state index is 12.9. The summed E-state index contributed by atoms with van der Waals surface area (Å²) in [5.41, 5.74) is 1.76. The Balaban J connectivity index is 1.31. The number of carbonyl (C=O) groups is 1. The number of carbonyl (C=O) groups excluding carboxylic acids is 1. The zero-order chi connectivity index (χ0) is 24.2. The van der Waals surface area contributed by atoms with E-state index in [1.54, 1.807) is 48.5 Å². The van der Waals surface area contributed by atoms with Crippen LogP contribution in [0.25, 0.3) is 22.8 Å². The van der Waals surface area contributed by atoms with Crippen molar-refractivity contribution in [1.82, 2.24) is 10.1 Å². The number of hydrogen-bond donors (Lipinski definition) is 1. The topological polar surface area (TPSA) is 90.4 Å². The summed E-state index contributed by atoms with van der Waals surface area (Å²) < 4.78 is 16.8. The number of nitrogens with one attached hydrogen (secondary N) is 1. The molecule has 2 aromatic heterocycles. The van der Waals surface area contributed by atoms with Crippen LogP contribution in [0.5, 0.6) is 5.75 Å². The van der Waals surface area contributed by atoms with Crippen LogP contribution in [0.15, 0.2) is 93.9 Å². The van der Waals surface area contributed by atoms with Gasteiger partial charge in [-0.25, -0.2) is 0 Å². The molecule has 0 unspecified atom stereocenters. The molecular formula is C26H17Cl2N3O4. The van der Waals surface area contributed by atoms with Gasteiger partial charge in [-0.2, -0.15) is 4.98 Å². The van der Waals surface area contributed by atoms with Gasteiger partial charge < -0.3 is 19.0 Å². The Labute approximate surface area is 210 Å². The Morgan fingerprint density at radius 3 is 2.54 bits per heavy atom. The molecular weight excluding hydrogens is 489 g/mol. The Hall–Kier alpha value is -4.07. The van der Waals surface area contributed by atoms with Crippen molar-refractivity contribution < 1.29 is 18.5 Å². The van der Waals surface area contributed by atoms with Crippen LogP contribution in [0.2, 0.25) is 10.0 Å². The van der Waals surface area contributed by atoms with Crippen LogP contribution >= 0.6 is 23.2 Å². The van der Waals surface area contributed by atoms with Crippen molar-refractivity contribution in [2.75, 3.05) is 5.32 Å². The van der Waals surface area contributed by atoms with Crippen LogP contribution in [0.3, 0.4) is 0 Å². The van der Waals surface area contributed by atoms with Crippen LogP contribution < -0.4 is 10.1 Å². The minimum absolute atomic E-state index is 0.128. The summed E-state index contributed by atoms with van der Waals surface area (Å²) in [7, 11) is 0. The van der Waals surface area contributed by atoms with Crippen molar-refractivity contribution in [3.05, 3.63) is 107 Å². The summed E-state index contributed by atoms with van der Waals surface area (Å²) in [6.07, 6.45) is 0. The monoisotopic (exact) mass is 505 g/mol. The molecule has 0 bridgehead atoms. The van der Waals surface area contributed by atoms with E-state index in [1.165, 1.54) is 0 Å². The average molecular weight is 506 g/mol. The normalized spacial score (nSPS) is 10.8. The van der Waals surface area contributed by atoms with Crippen LogP contribution in [-0.4, -0.2) is 16.0 Å². The fourth-order valence-corrected chi connectivity index (χ4v) is 3.61. The molecule has 7 nitrogen and oxygen atoms in total. The molecule has 0 saturated heterocycles. The zero-order valence-electron chi connectivity index (χ0n) is 18.1. The first-order chi connectivity index (χ1) is 17.1. The second-order valence-corrected chi connectivity index (χ2v) is 8.22. The molecule has 3 aromatic carbocycles. The fourth-order valence-electron chi connectivity index (χ4n) is 3.31. The van der Waals surface area contributed by atoms with Gasteiger partial charge in [-0.15, -0.1) is 0 Å². The average Bonchev–Trinajstić information content (AvgIpc) is 3.56. The summed E-state index contributed by atoms with van der Waals surface area (Å²) in [6.45, 7) is 0.145. The second kappa shape index (κ2) is 10.0. The van der Waals surface area contributed by atoms with E-state index in [0.29, 0.717) is 44.2 Å². The molecule has 174 valence electrons. The third-order valence-corrected chi connectivity index (χ3v) is 5.76. The van der Waals surface area contributed by atoms with Gasteiger partial charge in [-0.05, 0) is 54.6 Å². The van der Waals surface area contributed by atoms with Crippen molar-refractivity contribution >= 4 is 34.8 Å². The molecule has 0 aliphatic carbocycles. The van der Waals surface area contributed by atoms with Gasteiger partial charge in [-0.1, -0.05) is 58.7 Å². The Morgan fingerprint density at radius 2 is 1.71 bits per heavy atom. The number of ether oxygens (including phenoxy) is 1. The maximum absolute atomic E-state index is 12.9. The molecule has 0 aliphatic heterocycles. The third kappa shape index (κ3) is 5.21. The highest BCUT2D eigenvalue weighted by Gasteiger charge is 2.18. The first-order valence-corrected chi connectivity index (χ1v) is 11.3. The van der Waals surface area contributed by atoms with Gasteiger partial charge in [0.05, 0.1) is 21.3 Å². The largest absolute Gasteiger partial charge is 0.485 e. The number of halogens is 2. The predicted octanol–water partition coefficient (Wildman–Crippen LogP) is 7.13. The van der Waals surface area contributed by atoms with Gasteiger partial charge in [-0.3, -0.25) is 4.79 Å². The molecule has 5 rings (SSSR count). The quantitative estimate of drug-likeness (QED) is 0.253. The van der Waals surface area contributed by atoms with Crippen LogP contribution in [0.1, 0.15) is 16.4 Å². The molecule has 0 fully saturated rings. The summed E-state index contributed by atoms with van der Waals surface area (Å²) in [5, 5.41) is 7.65. The SMILES string of the molecule is O=C(Nc1ccccc1-c1nc(COc2ccccc2)no1)c1ccc(-c2ccc(Cl)c(Cl)c2)o1. The molecule has 0 radical (unpaired) electrons. The molecule has 1 N–H and O–H groups in total. The van der Waals surface area contributed by atoms with Gasteiger partial charge in [0.1, 0.15) is 11.5 Å². The van der Waals surface area contributed by atoms with E-state index in [9.17, 15) is 4.79 Å². The van der Waals surface area contributed by atoms with Gasteiger partial charge >= 0.3 is 0 Å². The zero-order valence-corrected chi connectivity index (χ0v) is 19.6. The number of anilines is 1. The van der Waals surface area contributed by atoms with Crippen LogP contribution in [-0.2, 0) is 6.61 Å². The van der Waals surface area contributed by atoms with E-state index in [2.05, 4.69) is 15.5 Å². The number of hydrogen-bond acceptors (Lipinski definition) is 6. The molecule has 0 spiro atoms. The van der Waals surface area contributed by atoms with Crippen molar-refractivity contribution in [2.24, 2.45) is 0 Å². The third-order valence-electron chi connectivity index (χ3n) is 5.02. The van der Waals surface area contributed by atoms with Crippen LogP contribution in [0, 0.1) is 0 Å². The second-order valence-electron chi connectivity index (χ2n) is 7.41. The van der Waals surface area contributed by atoms with Gasteiger partial charge in [0.25, 0.3) is 11.8 Å². The molecule has 9 heteroatoms. The number of nitrogens with zero attached hydrogens (tertiary/aromatic N) is 2. The van der Waals surface area contributed by atoms with Gasteiger partial charge in [0.15, 0.2) is 12.4 Å². The maximum Gasteiger partial charge on any atom is 0.291 e. The molecule has 0 saturated carbocycles. The highest BCUT2D eigenvalue weighted by Crippen LogP contribution is 2.31. The summed E-state index contributed by atoms with van der Waals surface area (Å²) in [4.78, 5) is 17.3. The number of benzene rings is 3. The van der Waals surface area contributed by atoms with Gasteiger partial charge in [0, 0.05) is 5.56 Å². The van der Waals surface area contributed by atoms with Crippen molar-refractivity contribution in [3.63, 3.8) is 0 Å². The number of amides is 1. The summed E-state index contributed by atoms with van der Waals surface area (Å²) in [5.74, 6) is 1.51. The summed E-state index contributed by atoms with van der Waals surface area (Å²) >= 11 is 12.1. The van der Waals surface area contributed by atoms with Crippen molar-refractivity contribution in [1.29, 1.82) is 0 Å². The number of para-hydroxylation sites is 2. The minimum Gasteiger partial charge on any atom is -0.485 e. The molecule has 2 heterocycles. The standard InChI is InChI=1S/C26H17Cl2N3O4/c27-19-11-10-16(14-20(19)28)22-12-13-23(34-22)25(32)29-21-9-5-4-8-18(21)26-30-24(31-35-26)15-33-17-6-2-1-3-7-17/h1-14H,15H2,(H,29,32).